The molecule has 0 saturated carbocycles. The Labute approximate surface area is 275 Å². The molecule has 1 aliphatic rings. The monoisotopic (exact) mass is 697 g/mol. The second kappa shape index (κ2) is 10.8. The second-order valence-corrected chi connectivity index (χ2v) is 87.8. The fourth-order valence-electron chi connectivity index (χ4n) is 10.6. The molecule has 1 rings (SSSR count). The Balaban J connectivity index is 5.25. The molecular weight excluding hydrogens is 617 g/mol. The van der Waals surface area contributed by atoms with Gasteiger partial charge in [-0.3, -0.25) is 0 Å². The molecule has 0 aromatic heterocycles. The first kappa shape index (κ1) is 41.5. The fraction of sp³-hybridized carbons (Fsp3) is 1.00. The lowest BCUT2D eigenvalue weighted by atomic mass is 10.2. The number of hydrogen-bond acceptors (Lipinski definition) is 0. The molecule has 248 valence electrons. The summed E-state index contributed by atoms with van der Waals surface area (Å²) in [6.07, 6.45) is 0. The molecule has 0 nitrogen and oxygen atoms in total. The van der Waals surface area contributed by atoms with Crippen molar-refractivity contribution < 1.29 is 0 Å². The van der Waals surface area contributed by atoms with Gasteiger partial charge in [-0.05, 0) is 40.3 Å². The molecule has 0 fully saturated rings. The first-order valence-corrected chi connectivity index (χ1v) is 38.2. The van der Waals surface area contributed by atoms with Crippen molar-refractivity contribution in [3.05, 3.63) is 0 Å². The zero-order chi connectivity index (χ0) is 34.7. The van der Waals surface area contributed by atoms with Crippen LogP contribution in [0.3, 0.4) is 0 Å². The average molecular weight is 699 g/mol. The fourth-order valence-corrected chi connectivity index (χ4v) is 316. The summed E-state index contributed by atoms with van der Waals surface area (Å²) in [6, 6.07) is 0. The molecule has 42 heavy (non-hydrogen) atoms. The van der Waals surface area contributed by atoms with Crippen molar-refractivity contribution in [1.82, 2.24) is 0 Å². The summed E-state index contributed by atoms with van der Waals surface area (Å²) >= 11 is 0. The van der Waals surface area contributed by atoms with Crippen molar-refractivity contribution in [3.63, 3.8) is 0 Å². The highest BCUT2D eigenvalue weighted by Crippen LogP contribution is 2.69. The third kappa shape index (κ3) is 5.48. The smallest absolute Gasteiger partial charge is 0.0659 e. The van der Waals surface area contributed by atoms with Gasteiger partial charge in [-0.2, -0.15) is 0 Å². The van der Waals surface area contributed by atoms with Gasteiger partial charge in [0.15, 0.2) is 0 Å². The minimum absolute atomic E-state index is 0.421. The molecule has 0 N–H and O–H groups in total. The van der Waals surface area contributed by atoms with Crippen LogP contribution in [0.25, 0.3) is 0 Å². The Bertz CT molecular complexity index is 985. The zero-order valence-electron chi connectivity index (χ0n) is 34.5. The van der Waals surface area contributed by atoms with Crippen molar-refractivity contribution in [2.45, 2.75) is 226 Å². The molecule has 0 saturated heterocycles. The molecule has 0 unspecified atom stereocenters. The Hall–Kier alpha value is 1.52. The van der Waals surface area contributed by atoms with Gasteiger partial charge in [0.05, 0.1) is 0 Å². The largest absolute Gasteiger partial charge is 0.220 e. The highest BCUT2D eigenvalue weighted by molar-refractivity contribution is 8.14. The molecule has 0 amide bonds. The molecule has 7 heteroatoms. The Morgan fingerprint density at radius 2 is 0.619 bits per heavy atom. The zero-order valence-corrected chi connectivity index (χ0v) is 41.5. The van der Waals surface area contributed by atoms with Gasteiger partial charge >= 0.3 is 0 Å². The van der Waals surface area contributed by atoms with E-state index in [-0.39, 0.29) is 0 Å². The van der Waals surface area contributed by atoms with Crippen molar-refractivity contribution >= 4 is 51.1 Å². The van der Waals surface area contributed by atoms with Gasteiger partial charge in [0.25, 0.3) is 0 Å². The normalized spacial score (nSPS) is 19.4. The molecule has 0 radical (unpaired) electrons. The molecule has 1 heterocycles. The van der Waals surface area contributed by atoms with E-state index in [1.807, 2.05) is 0 Å². The first-order valence-electron chi connectivity index (χ1n) is 17.2. The standard InChI is InChI=1S/C35H81Si7/c1-28(2,3)39(25,29(4,5)6)36-37(40(26,30(7,8)9)31(10,11)12)42(34(19,20)21,35(22,23)24)38(36)41(27,32(13,14)15)33(16,17)18/h1-27H3/q+1. The first-order chi connectivity index (χ1) is 17.6. The molecule has 0 bridgehead atoms. The maximum absolute atomic E-state index is 3.03. The topological polar surface area (TPSA) is 0 Å². The maximum atomic E-state index is 3.03. The van der Waals surface area contributed by atoms with Crippen molar-refractivity contribution in [2.24, 2.45) is 0 Å². The van der Waals surface area contributed by atoms with Crippen molar-refractivity contribution in [3.8, 4) is 0 Å². The Kier molecular flexibility index (Phi) is 10.6. The van der Waals surface area contributed by atoms with Crippen LogP contribution in [0.2, 0.25) is 59.9 Å². The predicted molar refractivity (Wildman–Crippen MR) is 216 cm³/mol. The van der Waals surface area contributed by atoms with Crippen molar-refractivity contribution in [2.75, 3.05) is 0 Å². The quantitative estimate of drug-likeness (QED) is 0.258. The lowest BCUT2D eigenvalue weighted by Gasteiger charge is -2.70. The lowest BCUT2D eigenvalue weighted by molar-refractivity contribution is 0.626. The van der Waals surface area contributed by atoms with Gasteiger partial charge in [-0.15, -0.1) is 0 Å². The van der Waals surface area contributed by atoms with Crippen LogP contribution in [-0.4, -0.2) is 51.1 Å². The SMILES string of the molecule is CC(C)(C)[Si](C)([Si]1=[Si]([Si](C)(C(C)(C)C)C(C)(C)C)[Si](C(C)(C)C)(C(C)(C)C)[Si+]1[Si](C)(C(C)(C)C)C(C)(C)C)C(C)(C)C. The summed E-state index contributed by atoms with van der Waals surface area (Å²) in [6.45, 7) is 73.9. The molecule has 0 aliphatic carbocycles. The van der Waals surface area contributed by atoms with Crippen molar-refractivity contribution in [1.29, 1.82) is 0 Å². The molecular formula is C35H81Si7+. The van der Waals surface area contributed by atoms with Gasteiger partial charge in [0.1, 0.15) is 44.0 Å². The number of rotatable bonds is 3. The van der Waals surface area contributed by atoms with E-state index in [0.717, 1.165) is 0 Å². The summed E-state index contributed by atoms with van der Waals surface area (Å²) in [4.78, 5) is 0. The van der Waals surface area contributed by atoms with Crippen LogP contribution in [-0.2, 0) is 0 Å². The third-order valence-electron chi connectivity index (χ3n) is 14.0. The van der Waals surface area contributed by atoms with Crippen LogP contribution in [0.1, 0.15) is 166 Å². The summed E-state index contributed by atoms with van der Waals surface area (Å²) in [5.41, 5.74) is 0. The van der Waals surface area contributed by atoms with E-state index in [2.05, 4.69) is 186 Å². The van der Waals surface area contributed by atoms with Gasteiger partial charge in [0, 0.05) is 0 Å². The molecule has 1 aliphatic heterocycles. The Morgan fingerprint density at radius 1 is 0.381 bits per heavy atom. The molecule has 0 aromatic rings. The van der Waals surface area contributed by atoms with Crippen LogP contribution < -0.4 is 0 Å². The van der Waals surface area contributed by atoms with Gasteiger partial charge < -0.3 is 0 Å². The van der Waals surface area contributed by atoms with E-state index in [1.165, 1.54) is 0 Å². The van der Waals surface area contributed by atoms with Gasteiger partial charge in [0.2, 0.25) is 7.11 Å². The highest BCUT2D eigenvalue weighted by atomic mass is 30.3. The minimum atomic E-state index is -1.84. The number of hydrogen-bond donors (Lipinski definition) is 0. The highest BCUT2D eigenvalue weighted by Gasteiger charge is 2.90. The van der Waals surface area contributed by atoms with E-state index < -0.39 is 51.1 Å². The predicted octanol–water partition coefficient (Wildman–Crippen LogP) is 13.1. The lowest BCUT2D eigenvalue weighted by Crippen LogP contribution is -3.00. The third-order valence-corrected chi connectivity index (χ3v) is 171. The second-order valence-electron chi connectivity index (χ2n) is 23.2. The van der Waals surface area contributed by atoms with E-state index >= 15 is 0 Å². The van der Waals surface area contributed by atoms with Gasteiger partial charge in [-0.25, -0.2) is 0 Å². The van der Waals surface area contributed by atoms with Crippen LogP contribution in [0.4, 0.5) is 0 Å². The van der Waals surface area contributed by atoms with Crippen LogP contribution in [0.5, 0.6) is 0 Å². The van der Waals surface area contributed by atoms with E-state index in [4.69, 9.17) is 0 Å². The summed E-state index contributed by atoms with van der Waals surface area (Å²) in [5, 5.41) is 3.43. The van der Waals surface area contributed by atoms with Crippen LogP contribution >= 0.6 is 0 Å². The minimum Gasteiger partial charge on any atom is -0.0659 e. The average Bonchev–Trinajstić information content (AvgIpc) is 2.58. The van der Waals surface area contributed by atoms with Gasteiger partial charge in [-0.1, -0.05) is 186 Å². The molecule has 0 aromatic carbocycles. The van der Waals surface area contributed by atoms with Crippen LogP contribution in [0, 0.1) is 0 Å². The van der Waals surface area contributed by atoms with E-state index in [0.29, 0.717) is 40.3 Å². The maximum Gasteiger partial charge on any atom is 0.220 e. The molecule has 0 atom stereocenters. The summed E-state index contributed by atoms with van der Waals surface area (Å²) in [7, 11) is -7.82. The summed E-state index contributed by atoms with van der Waals surface area (Å²) in [5.74, 6) is 0. The summed E-state index contributed by atoms with van der Waals surface area (Å²) < 4.78 is 0. The Morgan fingerprint density at radius 3 is 0.786 bits per heavy atom. The molecule has 0 spiro atoms. The van der Waals surface area contributed by atoms with Crippen LogP contribution in [0.15, 0.2) is 0 Å². The van der Waals surface area contributed by atoms with E-state index in [1.54, 1.807) is 0 Å². The van der Waals surface area contributed by atoms with E-state index in [9.17, 15) is 0 Å².